The topological polar surface area (TPSA) is 74.3 Å². The maximum Gasteiger partial charge on any atom is 0.155 e. The number of aromatic amines is 1. The van der Waals surface area contributed by atoms with E-state index in [2.05, 4.69) is 44.9 Å². The summed E-state index contributed by atoms with van der Waals surface area (Å²) in [6.45, 7) is 8.70. The quantitative estimate of drug-likeness (QED) is 0.584. The second-order valence-electron chi connectivity index (χ2n) is 6.84. The van der Waals surface area contributed by atoms with Crippen molar-refractivity contribution in [3.05, 3.63) is 65.9 Å². The third-order valence-electron chi connectivity index (χ3n) is 4.80. The van der Waals surface area contributed by atoms with E-state index in [1.54, 1.807) is 23.5 Å². The number of aromatic nitrogens is 3. The number of ether oxygens (including phenoxy) is 1. The molecule has 0 spiro atoms. The minimum Gasteiger partial charge on any atom is -0.392 e. The Morgan fingerprint density at radius 3 is 3.00 bits per heavy atom. The van der Waals surface area contributed by atoms with Gasteiger partial charge < -0.3 is 9.84 Å². The molecule has 0 atom stereocenters. The molecule has 4 heterocycles. The highest BCUT2D eigenvalue weighted by atomic mass is 32.1. The Morgan fingerprint density at radius 2 is 2.17 bits per heavy atom. The van der Waals surface area contributed by atoms with Crippen LogP contribution in [0.1, 0.15) is 10.6 Å². The summed E-state index contributed by atoms with van der Waals surface area (Å²) in [6, 6.07) is 6.48. The largest absolute Gasteiger partial charge is 0.392 e. The second kappa shape index (κ2) is 9.28. The van der Waals surface area contributed by atoms with Gasteiger partial charge in [-0.2, -0.15) is 5.10 Å². The van der Waals surface area contributed by atoms with Crippen LogP contribution in [0.3, 0.4) is 0 Å². The van der Waals surface area contributed by atoms with Crippen molar-refractivity contribution in [1.82, 2.24) is 20.1 Å². The summed E-state index contributed by atoms with van der Waals surface area (Å²) in [4.78, 5) is 9.51. The Morgan fingerprint density at radius 1 is 1.31 bits per heavy atom. The van der Waals surface area contributed by atoms with Crippen LogP contribution in [0.4, 0.5) is 0 Å². The second-order valence-corrected chi connectivity index (χ2v) is 8.01. The monoisotopic (exact) mass is 408 g/mol. The summed E-state index contributed by atoms with van der Waals surface area (Å²) < 4.78 is 5.43. The van der Waals surface area contributed by atoms with E-state index in [0.29, 0.717) is 0 Å². The lowest BCUT2D eigenvalue weighted by molar-refractivity contribution is 0.0346. The molecule has 7 heteroatoms. The molecule has 6 nitrogen and oxygen atoms in total. The Bertz CT molecular complexity index is 1040. The summed E-state index contributed by atoms with van der Waals surface area (Å²) in [5, 5.41) is 17.1. The van der Waals surface area contributed by atoms with E-state index in [0.717, 1.165) is 60.7 Å². The van der Waals surface area contributed by atoms with Gasteiger partial charge >= 0.3 is 0 Å². The van der Waals surface area contributed by atoms with Crippen LogP contribution in [0.5, 0.6) is 0 Å². The molecule has 1 aliphatic rings. The Balaban J connectivity index is 1.55. The van der Waals surface area contributed by atoms with Crippen molar-refractivity contribution in [2.45, 2.75) is 6.54 Å². The molecule has 150 valence electrons. The predicted molar refractivity (Wildman–Crippen MR) is 118 cm³/mol. The first-order valence-electron chi connectivity index (χ1n) is 9.61. The molecule has 1 saturated heterocycles. The van der Waals surface area contributed by atoms with Crippen LogP contribution in [0, 0.1) is 0 Å². The fraction of sp³-hybridized carbons (Fsp3) is 0.273. The SMILES string of the molecule is C=C(/C=C\C=C/CO)c1n[nH]c2ncc(-c3ccc(CN4CCOCC4)s3)cc12. The molecule has 0 aromatic carbocycles. The molecule has 29 heavy (non-hydrogen) atoms. The van der Waals surface area contributed by atoms with Gasteiger partial charge in [0.1, 0.15) is 5.69 Å². The summed E-state index contributed by atoms with van der Waals surface area (Å²) in [5.41, 5.74) is 3.40. The first-order valence-corrected chi connectivity index (χ1v) is 10.4. The van der Waals surface area contributed by atoms with Crippen LogP contribution < -0.4 is 0 Å². The van der Waals surface area contributed by atoms with Gasteiger partial charge in [-0.1, -0.05) is 30.9 Å². The molecule has 0 bridgehead atoms. The minimum absolute atomic E-state index is 0.0176. The van der Waals surface area contributed by atoms with E-state index >= 15 is 0 Å². The lowest BCUT2D eigenvalue weighted by Crippen LogP contribution is -2.35. The van der Waals surface area contributed by atoms with Crippen LogP contribution in [0.2, 0.25) is 0 Å². The maximum absolute atomic E-state index is 8.81. The fourth-order valence-corrected chi connectivity index (χ4v) is 4.30. The number of hydrogen-bond donors (Lipinski definition) is 2. The molecule has 1 fully saturated rings. The van der Waals surface area contributed by atoms with Crippen LogP contribution in [-0.2, 0) is 11.3 Å². The number of nitrogens with one attached hydrogen (secondary N) is 1. The van der Waals surface area contributed by atoms with Gasteiger partial charge in [0.2, 0.25) is 0 Å². The normalized spacial score (nSPS) is 15.8. The summed E-state index contributed by atoms with van der Waals surface area (Å²) in [6.07, 6.45) is 9.05. The van der Waals surface area contributed by atoms with Gasteiger partial charge in [0, 0.05) is 46.5 Å². The summed E-state index contributed by atoms with van der Waals surface area (Å²) in [7, 11) is 0. The number of hydrogen-bond acceptors (Lipinski definition) is 6. The van der Waals surface area contributed by atoms with Crippen LogP contribution >= 0.6 is 11.3 Å². The number of aliphatic hydroxyl groups excluding tert-OH is 1. The number of morpholine rings is 1. The summed E-state index contributed by atoms with van der Waals surface area (Å²) in [5.74, 6) is 0. The average molecular weight is 409 g/mol. The first-order chi connectivity index (χ1) is 14.2. The molecule has 0 amide bonds. The Hall–Kier alpha value is -2.58. The van der Waals surface area contributed by atoms with E-state index in [-0.39, 0.29) is 6.61 Å². The first kappa shape index (κ1) is 19.7. The molecule has 0 unspecified atom stereocenters. The lowest BCUT2D eigenvalue weighted by atomic mass is 10.1. The van der Waals surface area contributed by atoms with Gasteiger partial charge in [0.25, 0.3) is 0 Å². The van der Waals surface area contributed by atoms with E-state index in [1.165, 1.54) is 9.75 Å². The number of fused-ring (bicyclic) bond motifs is 1. The smallest absolute Gasteiger partial charge is 0.155 e. The highest BCUT2D eigenvalue weighted by Gasteiger charge is 2.14. The van der Waals surface area contributed by atoms with Gasteiger partial charge in [-0.3, -0.25) is 10.00 Å². The predicted octanol–water partition coefficient (Wildman–Crippen LogP) is 3.64. The van der Waals surface area contributed by atoms with Gasteiger partial charge in [-0.25, -0.2) is 4.98 Å². The van der Waals surface area contributed by atoms with Crippen LogP contribution in [0.25, 0.3) is 27.0 Å². The van der Waals surface area contributed by atoms with Crippen molar-refractivity contribution in [3.8, 4) is 10.4 Å². The van der Waals surface area contributed by atoms with Crippen molar-refractivity contribution < 1.29 is 9.84 Å². The van der Waals surface area contributed by atoms with Crippen molar-refractivity contribution in [3.63, 3.8) is 0 Å². The van der Waals surface area contributed by atoms with Crippen molar-refractivity contribution in [2.24, 2.45) is 0 Å². The van der Waals surface area contributed by atoms with Crippen LogP contribution in [-0.4, -0.2) is 58.1 Å². The van der Waals surface area contributed by atoms with Gasteiger partial charge in [0.05, 0.1) is 19.8 Å². The molecule has 3 aromatic rings. The number of H-pyrrole nitrogens is 1. The van der Waals surface area contributed by atoms with Crippen molar-refractivity contribution in [2.75, 3.05) is 32.9 Å². The van der Waals surface area contributed by atoms with Gasteiger partial charge in [0.15, 0.2) is 5.65 Å². The number of thiophene rings is 1. The van der Waals surface area contributed by atoms with Gasteiger partial charge in [-0.15, -0.1) is 11.3 Å². The zero-order valence-electron chi connectivity index (χ0n) is 16.2. The molecule has 4 rings (SSSR count). The average Bonchev–Trinajstić information content (AvgIpc) is 3.38. The fourth-order valence-electron chi connectivity index (χ4n) is 3.27. The number of allylic oxidation sites excluding steroid dienone is 4. The van der Waals surface area contributed by atoms with E-state index < -0.39 is 0 Å². The molecule has 0 saturated carbocycles. The molecule has 2 N–H and O–H groups in total. The molecular weight excluding hydrogens is 384 g/mol. The Kier molecular flexibility index (Phi) is 6.31. The van der Waals surface area contributed by atoms with E-state index in [1.807, 2.05) is 18.3 Å². The Labute approximate surface area is 173 Å². The van der Waals surface area contributed by atoms with E-state index in [4.69, 9.17) is 9.84 Å². The zero-order chi connectivity index (χ0) is 20.1. The van der Waals surface area contributed by atoms with Crippen molar-refractivity contribution >= 4 is 27.9 Å². The van der Waals surface area contributed by atoms with Crippen molar-refractivity contribution in [1.29, 1.82) is 0 Å². The highest BCUT2D eigenvalue weighted by molar-refractivity contribution is 7.15. The number of pyridine rings is 1. The summed E-state index contributed by atoms with van der Waals surface area (Å²) >= 11 is 1.80. The van der Waals surface area contributed by atoms with Crippen LogP contribution in [0.15, 0.2) is 55.3 Å². The number of nitrogens with zero attached hydrogens (tertiary/aromatic N) is 3. The molecule has 0 radical (unpaired) electrons. The molecular formula is C22H24N4O2S. The van der Waals surface area contributed by atoms with E-state index in [9.17, 15) is 0 Å². The van der Waals surface area contributed by atoms with Gasteiger partial charge in [-0.05, 0) is 23.8 Å². The standard InChI is InChI=1S/C22H24N4O2S/c1-16(5-3-2-4-10-27)21-19-13-17(14-23-22(19)25-24-21)20-7-6-18(29-20)15-26-8-11-28-12-9-26/h2-7,13-14,27H,1,8-12,15H2,(H,23,24,25)/b4-2-,5-3-. The number of rotatable bonds is 7. The third-order valence-corrected chi connectivity index (χ3v) is 5.92. The molecule has 0 aliphatic carbocycles. The highest BCUT2D eigenvalue weighted by Crippen LogP contribution is 2.32. The molecule has 3 aromatic heterocycles. The minimum atomic E-state index is 0.0176. The molecule has 1 aliphatic heterocycles. The zero-order valence-corrected chi connectivity index (χ0v) is 17.0. The lowest BCUT2D eigenvalue weighted by Gasteiger charge is -2.25. The maximum atomic E-state index is 8.81. The third kappa shape index (κ3) is 4.71. The number of aliphatic hydroxyl groups is 1.